The predicted octanol–water partition coefficient (Wildman–Crippen LogP) is 8.08. The van der Waals surface area contributed by atoms with Crippen LogP contribution in [0.4, 0.5) is 87.8 Å². The van der Waals surface area contributed by atoms with Crippen LogP contribution in [0, 0.1) is 116 Å². The van der Waals surface area contributed by atoms with Crippen LogP contribution in [0.25, 0.3) is 0 Å². The van der Waals surface area contributed by atoms with E-state index < -0.39 is 144 Å². The van der Waals surface area contributed by atoms with Crippen LogP contribution in [-0.4, -0.2) is 19.2 Å². The molecule has 61 heavy (non-hydrogen) atoms. The van der Waals surface area contributed by atoms with E-state index in [1.165, 1.54) is 25.2 Å². The highest BCUT2D eigenvalue weighted by Gasteiger charge is 2.52. The van der Waals surface area contributed by atoms with Crippen LogP contribution >= 0.6 is 0 Å². The van der Waals surface area contributed by atoms with Gasteiger partial charge in [-0.2, -0.15) is 0 Å². The van der Waals surface area contributed by atoms with Crippen molar-refractivity contribution in [3.63, 3.8) is 0 Å². The molecule has 0 aliphatic carbocycles. The van der Waals surface area contributed by atoms with Crippen molar-refractivity contribution in [2.75, 3.05) is 13.1 Å². The molecule has 0 aliphatic heterocycles. The molecule has 22 heteroatoms. The van der Waals surface area contributed by atoms with Gasteiger partial charge in [0, 0.05) is 5.56 Å². The first-order chi connectivity index (χ1) is 28.4. The summed E-state index contributed by atoms with van der Waals surface area (Å²) in [6.07, 6.45) is -4.92. The van der Waals surface area contributed by atoms with Crippen molar-refractivity contribution >= 4 is 28.0 Å². The fraction of sp³-hybridized carbons (Fsp3) is 0.231. The minimum atomic E-state index is -7.22. The number of benzene rings is 5. The van der Waals surface area contributed by atoms with Gasteiger partial charge in [0.2, 0.25) is 0 Å². The molecule has 0 fully saturated rings. The van der Waals surface area contributed by atoms with Crippen LogP contribution in [0.1, 0.15) is 44.4 Å². The Morgan fingerprint density at radius 3 is 0.787 bits per heavy atom. The number of halogens is 20. The summed E-state index contributed by atoms with van der Waals surface area (Å²) >= 11 is 0. The van der Waals surface area contributed by atoms with E-state index in [1.54, 1.807) is 16.0 Å². The topological polar surface area (TPSA) is 4.44 Å². The molecule has 5 aromatic carbocycles. The minimum absolute atomic E-state index is 1.14. The molecule has 0 unspecified atom stereocenters. The lowest BCUT2D eigenvalue weighted by molar-refractivity contribution is -0.910. The van der Waals surface area contributed by atoms with E-state index in [1.807, 2.05) is 0 Å². The average molecular weight is 899 g/mol. The van der Waals surface area contributed by atoms with Crippen LogP contribution in [0.3, 0.4) is 0 Å². The maximum absolute atomic E-state index is 15.4. The molecule has 0 saturated heterocycles. The Morgan fingerprint density at radius 2 is 0.574 bits per heavy atom. The lowest BCUT2D eigenvalue weighted by Gasteiger charge is -2.44. The number of hydrogen-bond donors (Lipinski definition) is 1. The van der Waals surface area contributed by atoms with Gasteiger partial charge in [-0.15, -0.1) is 21.9 Å². The number of nitrogens with one attached hydrogen (secondary N) is 1. The average Bonchev–Trinajstić information content (AvgIpc) is 3.25. The van der Waals surface area contributed by atoms with Crippen LogP contribution in [-0.2, 0) is 19.4 Å². The van der Waals surface area contributed by atoms with Crippen molar-refractivity contribution in [1.82, 2.24) is 0 Å². The van der Waals surface area contributed by atoms with Crippen molar-refractivity contribution in [3.05, 3.63) is 151 Å². The summed E-state index contributed by atoms with van der Waals surface area (Å²) in [4.78, 5) is 1.67. The summed E-state index contributed by atoms with van der Waals surface area (Å²) in [7, 11) is 0. The van der Waals surface area contributed by atoms with E-state index in [-0.39, 0.29) is 0 Å². The second-order valence-corrected chi connectivity index (χ2v) is 13.2. The molecular weight excluding hydrogens is 873 g/mol. The van der Waals surface area contributed by atoms with Gasteiger partial charge in [0.1, 0.15) is 59.2 Å². The highest BCUT2D eigenvalue weighted by molar-refractivity contribution is 7.20. The molecule has 0 amide bonds. The smallest absolute Gasteiger partial charge is 0.200 e. The molecule has 1 N–H and O–H groups in total. The largest absolute Gasteiger partial charge is 0.332 e. The monoisotopic (exact) mass is 899 g/mol. The molecule has 330 valence electrons. The Hall–Kier alpha value is -5.28. The van der Waals surface area contributed by atoms with Gasteiger partial charge in [0.25, 0.3) is 0 Å². The Kier molecular flexibility index (Phi) is 14.6. The van der Waals surface area contributed by atoms with Gasteiger partial charge in [-0.25, -0.2) is 87.8 Å². The standard InChI is InChI=1S/C24BF20.C15H25N/c26-5-1(6(27)14(35)21(42)13(5)34)25(2-7(28)15(36)22(43)16(37)8(2)29,3-9(30)17(38)23(44)18(39)10(3)31)4-11(32)19(40)24(45)20(41)12(4)33;1-5-13-9-10-15(14(6-2)11-13)12-16(7-3)8-4/h;9-11H,5-8,12H2,1-4H3/q-1;/p+1. The Labute approximate surface area is 332 Å². The predicted molar refractivity (Wildman–Crippen MR) is 180 cm³/mol. The quantitative estimate of drug-likeness (QED) is 0.0627. The number of aryl methyl sites for hydroxylation is 2. The highest BCUT2D eigenvalue weighted by Crippen LogP contribution is 2.30. The first-order valence-electron chi connectivity index (χ1n) is 17.6. The molecule has 5 aromatic rings. The fourth-order valence-corrected chi connectivity index (χ4v) is 7.04. The second kappa shape index (κ2) is 18.4. The summed E-state index contributed by atoms with van der Waals surface area (Å²) in [5.74, 6) is -71.4. The molecule has 0 heterocycles. The molecule has 1 nitrogen and oxygen atoms in total. The normalized spacial score (nSPS) is 11.8. The summed E-state index contributed by atoms with van der Waals surface area (Å²) < 4.78 is 294. The third kappa shape index (κ3) is 7.79. The van der Waals surface area contributed by atoms with E-state index in [0.29, 0.717) is 0 Å². The van der Waals surface area contributed by atoms with E-state index >= 15 is 35.1 Å². The molecule has 0 aliphatic rings. The number of hydrogen-bond acceptors (Lipinski definition) is 0. The van der Waals surface area contributed by atoms with Gasteiger partial charge < -0.3 is 4.90 Å². The molecule has 0 atom stereocenters. The van der Waals surface area contributed by atoms with Crippen molar-refractivity contribution in [1.29, 1.82) is 0 Å². The molecule has 0 saturated carbocycles. The van der Waals surface area contributed by atoms with Crippen LogP contribution < -0.4 is 26.8 Å². The number of quaternary nitrogens is 1. The Balaban J connectivity index is 0.000000430. The van der Waals surface area contributed by atoms with E-state index in [0.717, 1.165) is 12.8 Å². The van der Waals surface area contributed by atoms with Crippen molar-refractivity contribution in [3.8, 4) is 0 Å². The van der Waals surface area contributed by atoms with Gasteiger partial charge in [-0.05, 0) is 37.8 Å². The van der Waals surface area contributed by atoms with Gasteiger partial charge in [-0.1, -0.05) is 32.0 Å². The number of rotatable bonds is 10. The Bertz CT molecular complexity index is 2140. The lowest BCUT2D eigenvalue weighted by atomic mass is 9.12. The maximum Gasteiger partial charge on any atom is 0.200 e. The van der Waals surface area contributed by atoms with Gasteiger partial charge in [0.15, 0.2) is 69.8 Å². The zero-order valence-corrected chi connectivity index (χ0v) is 31.4. The molecular formula is C39H26BF20N. The fourth-order valence-electron chi connectivity index (χ4n) is 7.04. The molecule has 0 radical (unpaired) electrons. The van der Waals surface area contributed by atoms with E-state index in [9.17, 15) is 52.7 Å². The third-order valence-corrected chi connectivity index (χ3v) is 10.2. The van der Waals surface area contributed by atoms with Gasteiger partial charge >= 0.3 is 0 Å². The van der Waals surface area contributed by atoms with Crippen molar-refractivity contribution in [2.45, 2.75) is 47.1 Å². The molecule has 5 rings (SSSR count). The minimum Gasteiger partial charge on any atom is -0.332 e. The highest BCUT2D eigenvalue weighted by atomic mass is 19.2. The summed E-state index contributed by atoms with van der Waals surface area (Å²) in [5.41, 5.74) is -9.78. The summed E-state index contributed by atoms with van der Waals surface area (Å²) in [5, 5.41) is 0. The SMILES string of the molecule is CCc1ccc(C[NH+](CC)CC)c(CC)c1.Fc1c(F)c(F)c([B-](c2c(F)c(F)c(F)c(F)c2F)(c2c(F)c(F)c(F)c(F)c2F)c2c(F)c(F)c(F)c(F)c2F)c(F)c1F. The zero-order valence-electron chi connectivity index (χ0n) is 31.4. The Morgan fingerprint density at radius 1 is 0.328 bits per heavy atom. The molecule has 0 bridgehead atoms. The van der Waals surface area contributed by atoms with Crippen LogP contribution in [0.15, 0.2) is 18.2 Å². The maximum atomic E-state index is 15.4. The molecule has 0 spiro atoms. The lowest BCUT2D eigenvalue weighted by Crippen LogP contribution is -3.10. The van der Waals surface area contributed by atoms with E-state index in [2.05, 4.69) is 45.9 Å². The second-order valence-electron chi connectivity index (χ2n) is 13.2. The first-order valence-corrected chi connectivity index (χ1v) is 17.6. The summed E-state index contributed by atoms with van der Waals surface area (Å²) in [6, 6.07) is 7.01. The van der Waals surface area contributed by atoms with Crippen LogP contribution in [0.2, 0.25) is 0 Å². The van der Waals surface area contributed by atoms with Crippen LogP contribution in [0.5, 0.6) is 0 Å². The third-order valence-electron chi connectivity index (χ3n) is 10.2. The van der Waals surface area contributed by atoms with Gasteiger partial charge in [0.05, 0.1) is 13.1 Å². The summed E-state index contributed by atoms with van der Waals surface area (Å²) in [6.45, 7) is 12.6. The van der Waals surface area contributed by atoms with Crippen molar-refractivity contribution < 1.29 is 92.7 Å². The molecule has 0 aromatic heterocycles. The van der Waals surface area contributed by atoms with Gasteiger partial charge in [-0.3, -0.25) is 0 Å². The van der Waals surface area contributed by atoms with Crippen molar-refractivity contribution in [2.24, 2.45) is 0 Å². The first kappa shape index (κ1) is 48.4. The van der Waals surface area contributed by atoms with E-state index in [4.69, 9.17) is 0 Å². The zero-order chi connectivity index (χ0) is 46.3.